The third-order valence-electron chi connectivity index (χ3n) is 5.90. The van der Waals surface area contributed by atoms with Crippen LogP contribution in [0.25, 0.3) is 31.8 Å². The summed E-state index contributed by atoms with van der Waals surface area (Å²) in [5.74, 6) is 0.719. The third-order valence-corrected chi connectivity index (χ3v) is 6.96. The van der Waals surface area contributed by atoms with Gasteiger partial charge >= 0.3 is 0 Å². The van der Waals surface area contributed by atoms with Crippen LogP contribution in [0.1, 0.15) is 37.0 Å². The van der Waals surface area contributed by atoms with E-state index >= 15 is 0 Å². The van der Waals surface area contributed by atoms with Crippen LogP contribution in [0.3, 0.4) is 0 Å². The van der Waals surface area contributed by atoms with Gasteiger partial charge < -0.3 is 9.52 Å². The van der Waals surface area contributed by atoms with Crippen LogP contribution in [0.4, 0.5) is 0 Å². The molecule has 1 aliphatic heterocycles. The molecule has 1 N–H and O–H groups in total. The molecule has 0 aliphatic carbocycles. The molecule has 2 aromatic carbocycles. The number of hydrogen-bond donors (Lipinski definition) is 1. The normalized spacial score (nSPS) is 15.6. The average molecular weight is 421 g/mol. The van der Waals surface area contributed by atoms with Crippen molar-refractivity contribution >= 4 is 32.5 Å². The van der Waals surface area contributed by atoms with Crippen LogP contribution in [0.5, 0.6) is 5.75 Å². The predicted octanol–water partition coefficient (Wildman–Crippen LogP) is 5.46. The van der Waals surface area contributed by atoms with Gasteiger partial charge in [-0.15, -0.1) is 11.3 Å². The molecular formula is C24H24N2O3S. The van der Waals surface area contributed by atoms with Crippen LogP contribution in [0.2, 0.25) is 0 Å². The molecule has 2 aromatic heterocycles. The number of aryl methyl sites for hydroxylation is 1. The van der Waals surface area contributed by atoms with Crippen LogP contribution in [0.15, 0.2) is 45.6 Å². The Morgan fingerprint density at radius 2 is 1.87 bits per heavy atom. The minimum Gasteiger partial charge on any atom is -0.507 e. The molecule has 154 valence electrons. The molecule has 1 saturated heterocycles. The molecule has 0 bridgehead atoms. The molecule has 5 rings (SSSR count). The number of aromatic hydroxyl groups is 1. The number of thiazole rings is 1. The number of hydrogen-bond acceptors (Lipinski definition) is 6. The first-order valence-electron chi connectivity index (χ1n) is 10.5. The Hall–Kier alpha value is -2.70. The van der Waals surface area contributed by atoms with E-state index in [0.717, 1.165) is 36.1 Å². The second kappa shape index (κ2) is 7.85. The number of phenolic OH excluding ortho intramolecular Hbond substituents is 1. The summed E-state index contributed by atoms with van der Waals surface area (Å²) in [6, 6.07) is 11.1. The average Bonchev–Trinajstić information content (AvgIpc) is 2.98. The number of rotatable bonds is 3. The fraction of sp³-hybridized carbons (Fsp3) is 0.333. The predicted molar refractivity (Wildman–Crippen MR) is 121 cm³/mol. The van der Waals surface area contributed by atoms with Crippen molar-refractivity contribution in [2.24, 2.45) is 0 Å². The molecule has 0 atom stereocenters. The molecule has 0 unspecified atom stereocenters. The van der Waals surface area contributed by atoms with Crippen molar-refractivity contribution in [1.29, 1.82) is 0 Å². The second-order valence-electron chi connectivity index (χ2n) is 7.98. The van der Waals surface area contributed by atoms with Gasteiger partial charge in [0.25, 0.3) is 0 Å². The van der Waals surface area contributed by atoms with Crippen molar-refractivity contribution in [2.45, 2.75) is 39.2 Å². The number of fused-ring (bicyclic) bond motifs is 2. The van der Waals surface area contributed by atoms with Crippen LogP contribution in [-0.2, 0) is 6.54 Å². The summed E-state index contributed by atoms with van der Waals surface area (Å²) in [6.45, 7) is 4.40. The number of benzene rings is 2. The highest BCUT2D eigenvalue weighted by atomic mass is 32.1. The number of likely N-dealkylation sites (tertiary alicyclic amines) is 1. The van der Waals surface area contributed by atoms with E-state index in [4.69, 9.17) is 4.42 Å². The van der Waals surface area contributed by atoms with Gasteiger partial charge in [0.05, 0.1) is 26.7 Å². The van der Waals surface area contributed by atoms with Crippen molar-refractivity contribution in [2.75, 3.05) is 13.1 Å². The first-order chi connectivity index (χ1) is 14.6. The SMILES string of the molecule is Cc1oc2c(CN3CCCCCC3)c(O)ccc2c(=O)c1-c1nc2ccccc2s1. The first-order valence-corrected chi connectivity index (χ1v) is 11.3. The zero-order chi connectivity index (χ0) is 20.7. The molecule has 30 heavy (non-hydrogen) atoms. The van der Waals surface area contributed by atoms with E-state index in [1.54, 1.807) is 12.1 Å². The van der Waals surface area contributed by atoms with Gasteiger partial charge in [0, 0.05) is 6.54 Å². The van der Waals surface area contributed by atoms with Crippen molar-refractivity contribution < 1.29 is 9.52 Å². The lowest BCUT2D eigenvalue weighted by molar-refractivity contribution is 0.272. The summed E-state index contributed by atoms with van der Waals surface area (Å²) < 4.78 is 7.23. The van der Waals surface area contributed by atoms with Gasteiger partial charge in [0.1, 0.15) is 22.1 Å². The van der Waals surface area contributed by atoms with Crippen molar-refractivity contribution in [3.05, 3.63) is 57.9 Å². The van der Waals surface area contributed by atoms with Gasteiger partial charge in [0.15, 0.2) is 0 Å². The molecule has 0 spiro atoms. The number of nitrogens with zero attached hydrogens (tertiary/aromatic N) is 2. The van der Waals surface area contributed by atoms with Crippen LogP contribution in [0, 0.1) is 6.92 Å². The Morgan fingerprint density at radius 3 is 2.63 bits per heavy atom. The van der Waals surface area contributed by atoms with Crippen molar-refractivity contribution in [1.82, 2.24) is 9.88 Å². The van der Waals surface area contributed by atoms with Gasteiger partial charge in [-0.3, -0.25) is 9.69 Å². The Balaban J connectivity index is 1.64. The monoisotopic (exact) mass is 420 g/mol. The Morgan fingerprint density at radius 1 is 1.10 bits per heavy atom. The van der Waals surface area contributed by atoms with E-state index in [1.165, 1.54) is 24.2 Å². The molecular weight excluding hydrogens is 396 g/mol. The molecule has 1 aliphatic rings. The number of para-hydroxylation sites is 1. The number of phenols is 1. The lowest BCUT2D eigenvalue weighted by atomic mass is 10.1. The highest BCUT2D eigenvalue weighted by molar-refractivity contribution is 7.21. The molecule has 5 nitrogen and oxygen atoms in total. The summed E-state index contributed by atoms with van der Waals surface area (Å²) >= 11 is 1.50. The zero-order valence-corrected chi connectivity index (χ0v) is 17.8. The molecule has 0 saturated carbocycles. The van der Waals surface area contributed by atoms with E-state index in [-0.39, 0.29) is 11.2 Å². The van der Waals surface area contributed by atoms with Crippen LogP contribution < -0.4 is 5.43 Å². The maximum atomic E-state index is 13.4. The van der Waals surface area contributed by atoms with Gasteiger partial charge in [-0.25, -0.2) is 4.98 Å². The lowest BCUT2D eigenvalue weighted by Gasteiger charge is -2.21. The molecule has 4 aromatic rings. The lowest BCUT2D eigenvalue weighted by Crippen LogP contribution is -2.24. The fourth-order valence-electron chi connectivity index (χ4n) is 4.31. The first kappa shape index (κ1) is 19.3. The standard InChI is InChI=1S/C24H24N2O3S/c1-15-21(24-25-18-8-4-5-9-20(18)30-24)22(28)16-10-11-19(27)17(23(16)29-15)14-26-12-6-2-3-7-13-26/h4-5,8-11,27H,2-3,6-7,12-14H2,1H3. The molecule has 0 radical (unpaired) electrons. The summed E-state index contributed by atoms with van der Waals surface area (Å²) in [4.78, 5) is 20.5. The van der Waals surface area contributed by atoms with E-state index in [9.17, 15) is 9.90 Å². The third kappa shape index (κ3) is 3.40. The topological polar surface area (TPSA) is 66.6 Å². The molecule has 0 amide bonds. The highest BCUT2D eigenvalue weighted by Gasteiger charge is 2.21. The van der Waals surface area contributed by atoms with Crippen molar-refractivity contribution in [3.8, 4) is 16.3 Å². The summed E-state index contributed by atoms with van der Waals surface area (Å²) in [6.07, 6.45) is 4.82. The number of aromatic nitrogens is 1. The zero-order valence-electron chi connectivity index (χ0n) is 17.0. The van der Waals surface area contributed by atoms with E-state index < -0.39 is 0 Å². The quantitative estimate of drug-likeness (QED) is 0.477. The Bertz CT molecular complexity index is 1250. The van der Waals surface area contributed by atoms with E-state index in [1.807, 2.05) is 31.2 Å². The van der Waals surface area contributed by atoms with Crippen LogP contribution >= 0.6 is 11.3 Å². The van der Waals surface area contributed by atoms with E-state index in [2.05, 4.69) is 9.88 Å². The second-order valence-corrected chi connectivity index (χ2v) is 9.01. The highest BCUT2D eigenvalue weighted by Crippen LogP contribution is 2.34. The minimum absolute atomic E-state index is 0.0927. The van der Waals surface area contributed by atoms with Gasteiger partial charge in [0.2, 0.25) is 5.43 Å². The van der Waals surface area contributed by atoms with Crippen LogP contribution in [-0.4, -0.2) is 28.1 Å². The van der Waals surface area contributed by atoms with Gasteiger partial charge in [-0.1, -0.05) is 25.0 Å². The fourth-order valence-corrected chi connectivity index (χ4v) is 5.36. The van der Waals surface area contributed by atoms with Crippen molar-refractivity contribution in [3.63, 3.8) is 0 Å². The maximum absolute atomic E-state index is 13.4. The minimum atomic E-state index is -0.0927. The maximum Gasteiger partial charge on any atom is 0.203 e. The molecule has 6 heteroatoms. The van der Waals surface area contributed by atoms with Gasteiger partial charge in [-0.2, -0.15) is 0 Å². The Kier molecular flexibility index (Phi) is 5.05. The smallest absolute Gasteiger partial charge is 0.203 e. The van der Waals surface area contributed by atoms with E-state index in [0.29, 0.717) is 39.4 Å². The molecule has 1 fully saturated rings. The summed E-state index contributed by atoms with van der Waals surface area (Å²) in [5, 5.41) is 11.7. The summed E-state index contributed by atoms with van der Waals surface area (Å²) in [7, 11) is 0. The largest absolute Gasteiger partial charge is 0.507 e. The summed E-state index contributed by atoms with van der Waals surface area (Å²) in [5.41, 5.74) is 2.49. The molecule has 3 heterocycles. The Labute approximate surface area is 178 Å². The van der Waals surface area contributed by atoms with Gasteiger partial charge in [-0.05, 0) is 57.1 Å².